The van der Waals surface area contributed by atoms with Crippen molar-refractivity contribution in [3.05, 3.63) is 80.8 Å². The molecule has 2 aliphatic heterocycles. The molecule has 45 heavy (non-hydrogen) atoms. The molecule has 2 aromatic carbocycles. The Labute approximate surface area is 259 Å². The first-order chi connectivity index (χ1) is 21.4. The van der Waals surface area contributed by atoms with Gasteiger partial charge in [0.05, 0.1) is 36.8 Å². The largest absolute Gasteiger partial charge is 0.461 e. The topological polar surface area (TPSA) is 178 Å². The van der Waals surface area contributed by atoms with E-state index in [9.17, 15) is 25.0 Å². The van der Waals surface area contributed by atoms with Gasteiger partial charge in [0.15, 0.2) is 0 Å². The van der Waals surface area contributed by atoms with E-state index in [0.717, 1.165) is 23.0 Å². The van der Waals surface area contributed by atoms with Crippen molar-refractivity contribution in [1.82, 2.24) is 9.96 Å². The van der Waals surface area contributed by atoms with Crippen molar-refractivity contribution in [1.29, 1.82) is 5.26 Å². The number of nitro groups is 1. The molecule has 2 aliphatic rings. The van der Waals surface area contributed by atoms with Crippen LogP contribution in [0.15, 0.2) is 64.0 Å². The fraction of sp³-hybridized carbons (Fsp3) is 0.367. The van der Waals surface area contributed by atoms with Crippen LogP contribution in [0.2, 0.25) is 0 Å². The van der Waals surface area contributed by atoms with Crippen LogP contribution >= 0.6 is 0 Å². The standard InChI is InChI=1S/C30H32N6O9/c1-7-42-28(38)23-24(36(39)40)26(44-22-15-18(17-31)11-12-21(22)27(37)45-30(2,3)4)35(41-6)29(33-23)43-20-10-8-9-19(16-20)25-32-13-14-34(25)5/h8-12,15-16,29H,7,13-14H2,1-6H3. The van der Waals surface area contributed by atoms with Crippen LogP contribution in [-0.4, -0.2) is 84.2 Å². The molecule has 15 heteroatoms. The summed E-state index contributed by atoms with van der Waals surface area (Å²) >= 11 is 0. The van der Waals surface area contributed by atoms with Gasteiger partial charge in [-0.3, -0.25) is 19.9 Å². The molecule has 0 aliphatic carbocycles. The third-order valence-corrected chi connectivity index (χ3v) is 6.24. The Hall–Kier alpha value is -5.49. The Balaban J connectivity index is 1.83. The van der Waals surface area contributed by atoms with Crippen molar-refractivity contribution < 1.29 is 38.3 Å². The molecule has 1 atom stereocenters. The van der Waals surface area contributed by atoms with Crippen molar-refractivity contribution in [2.24, 2.45) is 9.98 Å². The summed E-state index contributed by atoms with van der Waals surface area (Å²) in [5.41, 5.74) is -1.88. The van der Waals surface area contributed by atoms with E-state index in [2.05, 4.69) is 9.98 Å². The number of nitriles is 1. The van der Waals surface area contributed by atoms with Gasteiger partial charge in [0.1, 0.15) is 28.5 Å². The Morgan fingerprint density at radius 1 is 1.18 bits per heavy atom. The minimum absolute atomic E-state index is 0.0732. The number of carbonyl (C=O) groups is 2. The molecule has 1 unspecified atom stereocenters. The number of aliphatic imine (C=N–C) groups is 2. The number of esters is 2. The van der Waals surface area contributed by atoms with E-state index in [0.29, 0.717) is 6.54 Å². The minimum Gasteiger partial charge on any atom is -0.461 e. The lowest BCUT2D eigenvalue weighted by Crippen LogP contribution is -2.46. The van der Waals surface area contributed by atoms with Gasteiger partial charge in [0, 0.05) is 19.2 Å². The highest BCUT2D eigenvalue weighted by atomic mass is 16.7. The van der Waals surface area contributed by atoms with Gasteiger partial charge in [-0.2, -0.15) is 10.3 Å². The second-order valence-corrected chi connectivity index (χ2v) is 10.6. The second kappa shape index (κ2) is 13.4. The molecule has 0 spiro atoms. The predicted octanol–water partition coefficient (Wildman–Crippen LogP) is 3.27. The van der Waals surface area contributed by atoms with E-state index in [1.54, 1.807) is 39.0 Å². The number of ether oxygens (including phenoxy) is 4. The van der Waals surface area contributed by atoms with Crippen molar-refractivity contribution in [2.75, 3.05) is 33.9 Å². The molecule has 0 amide bonds. The van der Waals surface area contributed by atoms with Crippen LogP contribution < -0.4 is 9.47 Å². The van der Waals surface area contributed by atoms with Gasteiger partial charge in [-0.25, -0.2) is 14.6 Å². The van der Waals surface area contributed by atoms with Crippen LogP contribution in [0.1, 0.15) is 49.2 Å². The molecule has 0 N–H and O–H groups in total. The van der Waals surface area contributed by atoms with Crippen LogP contribution in [0.5, 0.6) is 11.5 Å². The van der Waals surface area contributed by atoms with Crippen LogP contribution in [0, 0.1) is 21.4 Å². The smallest absolute Gasteiger partial charge is 0.364 e. The molecule has 0 saturated heterocycles. The molecule has 0 bridgehead atoms. The summed E-state index contributed by atoms with van der Waals surface area (Å²) < 4.78 is 22.6. The average Bonchev–Trinajstić information content (AvgIpc) is 3.41. The monoisotopic (exact) mass is 620 g/mol. The van der Waals surface area contributed by atoms with Gasteiger partial charge in [-0.05, 0) is 58.0 Å². The third kappa shape index (κ3) is 7.36. The number of amidine groups is 1. The molecule has 0 fully saturated rings. The van der Waals surface area contributed by atoms with E-state index < -0.39 is 46.1 Å². The molecule has 4 rings (SSSR count). The summed E-state index contributed by atoms with van der Waals surface area (Å²) in [5, 5.41) is 22.8. The fourth-order valence-electron chi connectivity index (χ4n) is 4.34. The van der Waals surface area contributed by atoms with E-state index >= 15 is 0 Å². The summed E-state index contributed by atoms with van der Waals surface area (Å²) in [6.45, 7) is 7.78. The number of benzene rings is 2. The van der Waals surface area contributed by atoms with Crippen molar-refractivity contribution >= 4 is 23.5 Å². The van der Waals surface area contributed by atoms with Gasteiger partial charge in [-0.1, -0.05) is 12.1 Å². The summed E-state index contributed by atoms with van der Waals surface area (Å²) in [6, 6.07) is 12.7. The van der Waals surface area contributed by atoms with Gasteiger partial charge in [0.25, 0.3) is 6.35 Å². The van der Waals surface area contributed by atoms with E-state index in [1.165, 1.54) is 32.2 Å². The zero-order chi connectivity index (χ0) is 32.9. The van der Waals surface area contributed by atoms with Crippen molar-refractivity contribution in [3.63, 3.8) is 0 Å². The quantitative estimate of drug-likeness (QED) is 0.215. The van der Waals surface area contributed by atoms with E-state index in [4.69, 9.17) is 23.8 Å². The fourth-order valence-corrected chi connectivity index (χ4v) is 4.34. The SMILES string of the molecule is CCOC(=O)C1=NC(Oc2cccc(C3=NCCN3C)c2)N(OC)C(Oc2cc(C#N)ccc2C(=O)OC(C)(C)C)=C1[N+](=O)[O-]. The molecular weight excluding hydrogens is 588 g/mol. The Bertz CT molecular complexity index is 1640. The molecule has 0 saturated carbocycles. The number of hydroxylamine groups is 2. The molecular formula is C30H32N6O9. The Kier molecular flexibility index (Phi) is 9.68. The summed E-state index contributed by atoms with van der Waals surface area (Å²) in [5.74, 6) is -1.89. The molecule has 0 radical (unpaired) electrons. The van der Waals surface area contributed by atoms with E-state index in [-0.39, 0.29) is 29.2 Å². The first kappa shape index (κ1) is 32.4. The molecule has 0 aromatic heterocycles. The third-order valence-electron chi connectivity index (χ3n) is 6.24. The number of rotatable bonds is 10. The van der Waals surface area contributed by atoms with Crippen molar-refractivity contribution in [3.8, 4) is 17.6 Å². The Morgan fingerprint density at radius 2 is 1.93 bits per heavy atom. The van der Waals surface area contributed by atoms with Gasteiger partial charge in [0.2, 0.25) is 5.71 Å². The minimum atomic E-state index is -1.55. The van der Waals surface area contributed by atoms with Gasteiger partial charge < -0.3 is 23.8 Å². The first-order valence-electron chi connectivity index (χ1n) is 13.8. The highest BCUT2D eigenvalue weighted by Crippen LogP contribution is 2.32. The lowest BCUT2D eigenvalue weighted by atomic mass is 10.1. The maximum atomic E-state index is 13.1. The highest BCUT2D eigenvalue weighted by Gasteiger charge is 2.45. The molecule has 2 aromatic rings. The maximum Gasteiger partial charge on any atom is 0.364 e. The van der Waals surface area contributed by atoms with Crippen LogP contribution in [0.25, 0.3) is 0 Å². The predicted molar refractivity (Wildman–Crippen MR) is 159 cm³/mol. The van der Waals surface area contributed by atoms with Gasteiger partial charge >= 0.3 is 23.5 Å². The van der Waals surface area contributed by atoms with Crippen LogP contribution in [0.4, 0.5) is 0 Å². The number of nitrogens with zero attached hydrogens (tertiary/aromatic N) is 6. The highest BCUT2D eigenvalue weighted by molar-refractivity contribution is 6.42. The maximum absolute atomic E-state index is 13.1. The average molecular weight is 621 g/mol. The number of hydrogen-bond acceptors (Lipinski definition) is 14. The molecule has 2 heterocycles. The zero-order valence-electron chi connectivity index (χ0n) is 25.6. The lowest BCUT2D eigenvalue weighted by Gasteiger charge is -2.32. The zero-order valence-corrected chi connectivity index (χ0v) is 25.6. The molecule has 236 valence electrons. The number of hydrogen-bond donors (Lipinski definition) is 0. The lowest BCUT2D eigenvalue weighted by molar-refractivity contribution is -0.422. The normalized spacial score (nSPS) is 16.4. The van der Waals surface area contributed by atoms with Crippen molar-refractivity contribution in [2.45, 2.75) is 39.6 Å². The number of likely N-dealkylation sites (N-methyl/N-ethyl adjacent to an activating group) is 1. The van der Waals surface area contributed by atoms with Crippen LogP contribution in [-0.2, 0) is 19.1 Å². The summed E-state index contributed by atoms with van der Waals surface area (Å²) in [6.07, 6.45) is -1.55. The molecule has 15 nitrogen and oxygen atoms in total. The number of carbonyl (C=O) groups excluding carboxylic acids is 2. The van der Waals surface area contributed by atoms with Gasteiger partial charge in [-0.15, -0.1) is 0 Å². The summed E-state index contributed by atoms with van der Waals surface area (Å²) in [7, 11) is 3.09. The second-order valence-electron chi connectivity index (χ2n) is 10.6. The summed E-state index contributed by atoms with van der Waals surface area (Å²) in [4.78, 5) is 53.8. The van der Waals surface area contributed by atoms with E-state index in [1.807, 2.05) is 24.1 Å². The van der Waals surface area contributed by atoms with Crippen LogP contribution in [0.3, 0.4) is 0 Å². The Morgan fingerprint density at radius 3 is 2.53 bits per heavy atom. The first-order valence-corrected chi connectivity index (χ1v) is 13.8.